The average Bonchev–Trinajstić information content (AvgIpc) is 2.90. The van der Waals surface area contributed by atoms with Crippen LogP contribution >= 0.6 is 22.6 Å². The zero-order valence-corrected chi connectivity index (χ0v) is 13.5. The number of imidazole rings is 1. The fraction of sp³-hybridized carbons (Fsp3) is 0.188. The summed E-state index contributed by atoms with van der Waals surface area (Å²) < 4.78 is 8.77. The van der Waals surface area contributed by atoms with Crippen LogP contribution in [0, 0.1) is 3.57 Å². The van der Waals surface area contributed by atoms with E-state index in [1.165, 1.54) is 0 Å². The second-order valence-corrected chi connectivity index (χ2v) is 6.11. The summed E-state index contributed by atoms with van der Waals surface area (Å²) in [6, 6.07) is 15.8. The number of aliphatic hydroxyl groups is 1. The summed E-state index contributed by atoms with van der Waals surface area (Å²) >= 11 is 2.25. The highest BCUT2D eigenvalue weighted by Crippen LogP contribution is 2.13. The molecule has 2 aromatic carbocycles. The first-order chi connectivity index (χ1) is 10.2. The number of benzene rings is 2. The van der Waals surface area contributed by atoms with Crippen LogP contribution in [0.4, 0.5) is 0 Å². The maximum Gasteiger partial charge on any atom is 0.242 e. The molecule has 1 unspecified atom stereocenters. The van der Waals surface area contributed by atoms with Crippen LogP contribution in [0.1, 0.15) is 0 Å². The van der Waals surface area contributed by atoms with E-state index in [0.717, 1.165) is 20.4 Å². The van der Waals surface area contributed by atoms with E-state index in [9.17, 15) is 5.11 Å². The fourth-order valence-corrected chi connectivity index (χ4v) is 2.58. The number of fused-ring (bicyclic) bond motifs is 1. The van der Waals surface area contributed by atoms with E-state index in [1.807, 2.05) is 59.4 Å². The molecule has 1 atom stereocenters. The van der Waals surface area contributed by atoms with E-state index in [4.69, 9.17) is 4.74 Å². The van der Waals surface area contributed by atoms with Crippen LogP contribution in [0.5, 0.6) is 5.75 Å². The molecule has 2 N–H and O–H groups in total. The standard InChI is InChI=1S/C16H15IN2O2/c17-12-5-7-14(8-6-12)21-10-13(20)9-19-11-18-15-3-1-2-4-16(15)19/h1-8,11,13,20H,9-10H2/p+1. The molecule has 0 aliphatic heterocycles. The molecule has 0 radical (unpaired) electrons. The summed E-state index contributed by atoms with van der Waals surface area (Å²) in [5.41, 5.74) is 2.13. The number of hydrogen-bond donors (Lipinski definition) is 2. The Kier molecular flexibility index (Phi) is 4.40. The number of nitrogens with zero attached hydrogens (tertiary/aromatic N) is 1. The van der Waals surface area contributed by atoms with Gasteiger partial charge in [-0.25, -0.2) is 9.55 Å². The van der Waals surface area contributed by atoms with Crippen molar-refractivity contribution in [3.05, 3.63) is 58.4 Å². The molecule has 5 heteroatoms. The molecule has 1 aromatic heterocycles. The third kappa shape index (κ3) is 3.54. The summed E-state index contributed by atoms with van der Waals surface area (Å²) in [6.45, 7) is 0.765. The van der Waals surface area contributed by atoms with Crippen LogP contribution < -0.4 is 9.30 Å². The van der Waals surface area contributed by atoms with Crippen LogP contribution in [-0.4, -0.2) is 22.8 Å². The lowest BCUT2D eigenvalue weighted by Gasteiger charge is -2.11. The van der Waals surface area contributed by atoms with Gasteiger partial charge < -0.3 is 9.84 Å². The van der Waals surface area contributed by atoms with Crippen molar-refractivity contribution in [1.82, 2.24) is 4.98 Å². The number of aromatic nitrogens is 2. The predicted octanol–water partition coefficient (Wildman–Crippen LogP) is 2.50. The molecule has 0 amide bonds. The van der Waals surface area contributed by atoms with E-state index in [2.05, 4.69) is 27.6 Å². The first kappa shape index (κ1) is 14.3. The van der Waals surface area contributed by atoms with Crippen LogP contribution in [0.2, 0.25) is 0 Å². The minimum absolute atomic E-state index is 0.271. The highest BCUT2D eigenvalue weighted by molar-refractivity contribution is 14.1. The van der Waals surface area contributed by atoms with Crippen LogP contribution in [0.3, 0.4) is 0 Å². The van der Waals surface area contributed by atoms with Gasteiger partial charge in [-0.1, -0.05) is 12.1 Å². The van der Waals surface area contributed by atoms with Crippen LogP contribution in [0.25, 0.3) is 11.0 Å². The van der Waals surface area contributed by atoms with Gasteiger partial charge in [0.1, 0.15) is 25.0 Å². The number of H-pyrrole nitrogens is 1. The molecule has 0 aliphatic rings. The van der Waals surface area contributed by atoms with Gasteiger partial charge in [-0.3, -0.25) is 0 Å². The van der Waals surface area contributed by atoms with Gasteiger partial charge in [0.2, 0.25) is 6.33 Å². The minimum Gasteiger partial charge on any atom is -0.491 e. The summed E-state index contributed by atoms with van der Waals surface area (Å²) in [7, 11) is 0. The highest BCUT2D eigenvalue weighted by Gasteiger charge is 2.14. The molecule has 4 nitrogen and oxygen atoms in total. The van der Waals surface area contributed by atoms with Crippen LogP contribution in [-0.2, 0) is 6.54 Å². The van der Waals surface area contributed by atoms with Crippen LogP contribution in [0.15, 0.2) is 54.9 Å². The quantitative estimate of drug-likeness (QED) is 0.515. The normalized spacial score (nSPS) is 12.5. The van der Waals surface area contributed by atoms with E-state index >= 15 is 0 Å². The Morgan fingerprint density at radius 1 is 1.14 bits per heavy atom. The summed E-state index contributed by atoms with van der Waals surface area (Å²) in [4.78, 5) is 3.18. The number of nitrogens with one attached hydrogen (secondary N) is 1. The number of para-hydroxylation sites is 2. The topological polar surface area (TPSA) is 49.1 Å². The Morgan fingerprint density at radius 3 is 2.71 bits per heavy atom. The third-order valence-corrected chi connectivity index (χ3v) is 3.97. The van der Waals surface area contributed by atoms with Gasteiger partial charge in [0, 0.05) is 3.57 Å². The lowest BCUT2D eigenvalue weighted by atomic mass is 10.3. The molecular weight excluding hydrogens is 379 g/mol. The molecule has 108 valence electrons. The number of hydrogen-bond acceptors (Lipinski definition) is 2. The Balaban J connectivity index is 1.61. The second kappa shape index (κ2) is 6.44. The third-order valence-electron chi connectivity index (χ3n) is 3.25. The van der Waals surface area contributed by atoms with Gasteiger partial charge in [-0.2, -0.15) is 0 Å². The molecule has 0 saturated heterocycles. The van der Waals surface area contributed by atoms with Crippen molar-refractivity contribution in [1.29, 1.82) is 0 Å². The Bertz CT molecular complexity index is 724. The molecule has 3 rings (SSSR count). The number of ether oxygens (including phenoxy) is 1. The fourth-order valence-electron chi connectivity index (χ4n) is 2.22. The van der Waals surface area contributed by atoms with Crippen molar-refractivity contribution in [3.8, 4) is 5.75 Å². The smallest absolute Gasteiger partial charge is 0.242 e. The zero-order chi connectivity index (χ0) is 14.7. The zero-order valence-electron chi connectivity index (χ0n) is 11.4. The van der Waals surface area contributed by atoms with Crippen molar-refractivity contribution >= 4 is 33.6 Å². The maximum absolute atomic E-state index is 10.1. The van der Waals surface area contributed by atoms with Gasteiger partial charge in [-0.15, -0.1) is 0 Å². The van der Waals surface area contributed by atoms with Crippen molar-refractivity contribution in [3.63, 3.8) is 0 Å². The molecule has 0 saturated carbocycles. The molecule has 0 aliphatic carbocycles. The summed E-state index contributed by atoms with van der Waals surface area (Å²) in [6.07, 6.45) is 1.31. The van der Waals surface area contributed by atoms with Crippen molar-refractivity contribution in [2.75, 3.05) is 6.61 Å². The van der Waals surface area contributed by atoms with E-state index in [0.29, 0.717) is 6.54 Å². The van der Waals surface area contributed by atoms with E-state index in [1.54, 1.807) is 0 Å². The lowest BCUT2D eigenvalue weighted by Crippen LogP contribution is -2.40. The molecule has 3 aromatic rings. The molecular formula is C16H16IN2O2+. The average molecular weight is 395 g/mol. The number of rotatable bonds is 5. The molecule has 21 heavy (non-hydrogen) atoms. The van der Waals surface area contributed by atoms with Crippen molar-refractivity contribution in [2.45, 2.75) is 12.6 Å². The molecule has 0 fully saturated rings. The second-order valence-electron chi connectivity index (χ2n) is 4.86. The van der Waals surface area contributed by atoms with E-state index < -0.39 is 6.10 Å². The van der Waals surface area contributed by atoms with Crippen molar-refractivity contribution < 1.29 is 14.4 Å². The van der Waals surface area contributed by atoms with Gasteiger partial charge in [0.05, 0.1) is 0 Å². The van der Waals surface area contributed by atoms with Gasteiger partial charge in [-0.05, 0) is 59.0 Å². The van der Waals surface area contributed by atoms with Crippen molar-refractivity contribution in [2.24, 2.45) is 0 Å². The lowest BCUT2D eigenvalue weighted by molar-refractivity contribution is -0.678. The number of halogens is 1. The molecule has 0 spiro atoms. The predicted molar refractivity (Wildman–Crippen MR) is 89.2 cm³/mol. The number of aromatic amines is 1. The first-order valence-corrected chi connectivity index (χ1v) is 7.82. The van der Waals surface area contributed by atoms with Gasteiger partial charge >= 0.3 is 0 Å². The Hall–Kier alpha value is -1.60. The molecule has 1 heterocycles. The Labute approximate surface area is 136 Å². The maximum atomic E-state index is 10.1. The summed E-state index contributed by atoms with van der Waals surface area (Å²) in [5, 5.41) is 10.1. The largest absolute Gasteiger partial charge is 0.491 e. The highest BCUT2D eigenvalue weighted by atomic mass is 127. The SMILES string of the molecule is OC(COc1ccc(I)cc1)C[n+]1c[nH]c2ccccc21. The minimum atomic E-state index is -0.562. The Morgan fingerprint density at radius 2 is 1.90 bits per heavy atom. The van der Waals surface area contributed by atoms with E-state index in [-0.39, 0.29) is 6.61 Å². The first-order valence-electron chi connectivity index (χ1n) is 6.74. The molecule has 0 bridgehead atoms. The number of aliphatic hydroxyl groups excluding tert-OH is 1. The van der Waals surface area contributed by atoms with Gasteiger partial charge in [0.25, 0.3) is 0 Å². The van der Waals surface area contributed by atoms with Gasteiger partial charge in [0.15, 0.2) is 11.0 Å². The summed E-state index contributed by atoms with van der Waals surface area (Å²) in [5.74, 6) is 0.776. The monoisotopic (exact) mass is 395 g/mol.